The van der Waals surface area contributed by atoms with Crippen LogP contribution in [0.15, 0.2) is 24.3 Å². The third kappa shape index (κ3) is 4.44. The molecule has 0 aromatic heterocycles. The highest BCUT2D eigenvalue weighted by molar-refractivity contribution is 5.80. The number of rotatable bonds is 5. The summed E-state index contributed by atoms with van der Waals surface area (Å²) in [5, 5.41) is 0. The largest absolute Gasteiger partial charge is 0.492 e. The molecule has 0 unspecified atom stereocenters. The molecular formula is C13H20N2O2. The molecule has 1 rings (SSSR count). The average molecular weight is 236 g/mol. The van der Waals surface area contributed by atoms with Gasteiger partial charge >= 0.3 is 0 Å². The van der Waals surface area contributed by atoms with Crippen LogP contribution < -0.4 is 10.5 Å². The maximum atomic E-state index is 11.5. The molecule has 0 saturated heterocycles. The summed E-state index contributed by atoms with van der Waals surface area (Å²) in [6, 6.07) is 7.37. The SMILES string of the molecule is Cc1cccc(OCCN(C)C(=O)[C@H](C)N)c1. The topological polar surface area (TPSA) is 55.6 Å². The summed E-state index contributed by atoms with van der Waals surface area (Å²) in [5.41, 5.74) is 6.66. The van der Waals surface area contributed by atoms with E-state index in [4.69, 9.17) is 10.5 Å². The summed E-state index contributed by atoms with van der Waals surface area (Å²) in [6.07, 6.45) is 0. The van der Waals surface area contributed by atoms with Gasteiger partial charge in [-0.25, -0.2) is 0 Å². The van der Waals surface area contributed by atoms with Crippen LogP contribution in [0.4, 0.5) is 0 Å². The maximum Gasteiger partial charge on any atom is 0.239 e. The minimum absolute atomic E-state index is 0.0714. The molecule has 1 amide bonds. The summed E-state index contributed by atoms with van der Waals surface area (Å²) in [7, 11) is 1.73. The summed E-state index contributed by atoms with van der Waals surface area (Å²) in [6.45, 7) is 4.70. The van der Waals surface area contributed by atoms with Gasteiger partial charge in [0.2, 0.25) is 5.91 Å². The molecular weight excluding hydrogens is 216 g/mol. The molecule has 1 aromatic rings. The molecule has 4 nitrogen and oxygen atoms in total. The van der Waals surface area contributed by atoms with Crippen LogP contribution in [0.25, 0.3) is 0 Å². The minimum atomic E-state index is -0.459. The molecule has 0 fully saturated rings. The molecule has 0 spiro atoms. The lowest BCUT2D eigenvalue weighted by Gasteiger charge is -2.19. The van der Waals surface area contributed by atoms with Crippen LogP contribution in [0, 0.1) is 6.92 Å². The van der Waals surface area contributed by atoms with Gasteiger partial charge in [-0.3, -0.25) is 4.79 Å². The fourth-order valence-electron chi connectivity index (χ4n) is 1.46. The molecule has 0 aliphatic heterocycles. The smallest absolute Gasteiger partial charge is 0.239 e. The van der Waals surface area contributed by atoms with Gasteiger partial charge in [-0.05, 0) is 31.5 Å². The van der Waals surface area contributed by atoms with Gasteiger partial charge < -0.3 is 15.4 Å². The number of hydrogen-bond acceptors (Lipinski definition) is 3. The molecule has 1 atom stereocenters. The number of hydrogen-bond donors (Lipinski definition) is 1. The van der Waals surface area contributed by atoms with Gasteiger partial charge in [0, 0.05) is 7.05 Å². The Hall–Kier alpha value is -1.55. The van der Waals surface area contributed by atoms with Crippen molar-refractivity contribution in [3.63, 3.8) is 0 Å². The number of nitrogens with two attached hydrogens (primary N) is 1. The van der Waals surface area contributed by atoms with Gasteiger partial charge in [0.25, 0.3) is 0 Å². The van der Waals surface area contributed by atoms with Gasteiger partial charge in [-0.15, -0.1) is 0 Å². The van der Waals surface area contributed by atoms with Crippen LogP contribution in [0.5, 0.6) is 5.75 Å². The first-order valence-corrected chi connectivity index (χ1v) is 5.70. The maximum absolute atomic E-state index is 11.5. The zero-order chi connectivity index (χ0) is 12.8. The molecule has 94 valence electrons. The predicted octanol–water partition coefficient (Wildman–Crippen LogP) is 1.18. The van der Waals surface area contributed by atoms with Crippen LogP contribution in [0.3, 0.4) is 0 Å². The van der Waals surface area contributed by atoms with Crippen molar-refractivity contribution in [2.45, 2.75) is 19.9 Å². The Morgan fingerprint density at radius 1 is 1.53 bits per heavy atom. The highest BCUT2D eigenvalue weighted by atomic mass is 16.5. The predicted molar refractivity (Wildman–Crippen MR) is 68.0 cm³/mol. The van der Waals surface area contributed by atoms with Crippen molar-refractivity contribution >= 4 is 5.91 Å². The molecule has 0 aliphatic carbocycles. The van der Waals surface area contributed by atoms with Gasteiger partial charge in [0.1, 0.15) is 12.4 Å². The highest BCUT2D eigenvalue weighted by Crippen LogP contribution is 2.11. The lowest BCUT2D eigenvalue weighted by molar-refractivity contribution is -0.131. The van der Waals surface area contributed by atoms with Crippen molar-refractivity contribution in [2.24, 2.45) is 5.73 Å². The van der Waals surface area contributed by atoms with Crippen molar-refractivity contribution in [1.29, 1.82) is 0 Å². The lowest BCUT2D eigenvalue weighted by atomic mass is 10.2. The van der Waals surface area contributed by atoms with Crippen molar-refractivity contribution in [1.82, 2.24) is 4.90 Å². The third-order valence-corrected chi connectivity index (χ3v) is 2.45. The van der Waals surface area contributed by atoms with E-state index >= 15 is 0 Å². The van der Waals surface area contributed by atoms with E-state index in [0.29, 0.717) is 13.2 Å². The summed E-state index contributed by atoms with van der Waals surface area (Å²) >= 11 is 0. The molecule has 1 aromatic carbocycles. The number of likely N-dealkylation sites (N-methyl/N-ethyl adjacent to an activating group) is 1. The van der Waals surface area contributed by atoms with E-state index < -0.39 is 6.04 Å². The number of carbonyl (C=O) groups excluding carboxylic acids is 1. The fourth-order valence-corrected chi connectivity index (χ4v) is 1.46. The van der Waals surface area contributed by atoms with Gasteiger partial charge in [0.05, 0.1) is 12.6 Å². The Balaban J connectivity index is 2.35. The number of aryl methyl sites for hydroxylation is 1. The first-order valence-electron chi connectivity index (χ1n) is 5.70. The van der Waals surface area contributed by atoms with E-state index in [0.717, 1.165) is 11.3 Å². The zero-order valence-corrected chi connectivity index (χ0v) is 10.6. The van der Waals surface area contributed by atoms with Crippen molar-refractivity contribution in [3.05, 3.63) is 29.8 Å². The second-order valence-corrected chi connectivity index (χ2v) is 4.21. The van der Waals surface area contributed by atoms with E-state index in [1.807, 2.05) is 31.2 Å². The van der Waals surface area contributed by atoms with Crippen LogP contribution >= 0.6 is 0 Å². The second kappa shape index (κ2) is 6.25. The van der Waals surface area contributed by atoms with Gasteiger partial charge in [0.15, 0.2) is 0 Å². The monoisotopic (exact) mass is 236 g/mol. The van der Waals surface area contributed by atoms with E-state index in [9.17, 15) is 4.79 Å². The minimum Gasteiger partial charge on any atom is -0.492 e. The highest BCUT2D eigenvalue weighted by Gasteiger charge is 2.12. The number of amides is 1. The number of ether oxygens (including phenoxy) is 1. The summed E-state index contributed by atoms with van der Waals surface area (Å²) in [5.74, 6) is 0.754. The Bertz CT molecular complexity index is 377. The number of nitrogens with zero attached hydrogens (tertiary/aromatic N) is 1. The Morgan fingerprint density at radius 3 is 2.82 bits per heavy atom. The van der Waals surface area contributed by atoms with Gasteiger partial charge in [-0.2, -0.15) is 0 Å². The molecule has 0 aliphatic rings. The molecule has 0 saturated carbocycles. The molecule has 4 heteroatoms. The Kier molecular flexibility index (Phi) is 4.97. The van der Waals surface area contributed by atoms with Crippen LogP contribution in [0.2, 0.25) is 0 Å². The van der Waals surface area contributed by atoms with Gasteiger partial charge in [-0.1, -0.05) is 12.1 Å². The first kappa shape index (κ1) is 13.5. The third-order valence-electron chi connectivity index (χ3n) is 2.45. The summed E-state index contributed by atoms with van der Waals surface area (Å²) < 4.78 is 5.55. The van der Waals surface area contributed by atoms with Crippen molar-refractivity contribution in [2.75, 3.05) is 20.2 Å². The number of carbonyl (C=O) groups is 1. The quantitative estimate of drug-likeness (QED) is 0.835. The average Bonchev–Trinajstić information content (AvgIpc) is 2.27. The van der Waals surface area contributed by atoms with E-state index in [1.165, 1.54) is 0 Å². The molecule has 0 heterocycles. The van der Waals surface area contributed by atoms with Crippen LogP contribution in [0.1, 0.15) is 12.5 Å². The second-order valence-electron chi connectivity index (χ2n) is 4.21. The summed E-state index contributed by atoms with van der Waals surface area (Å²) in [4.78, 5) is 13.1. The van der Waals surface area contributed by atoms with Crippen molar-refractivity contribution in [3.8, 4) is 5.75 Å². The number of benzene rings is 1. The molecule has 17 heavy (non-hydrogen) atoms. The van der Waals surface area contributed by atoms with E-state index in [1.54, 1.807) is 18.9 Å². The van der Waals surface area contributed by atoms with Crippen molar-refractivity contribution < 1.29 is 9.53 Å². The van der Waals surface area contributed by atoms with Crippen LogP contribution in [-0.2, 0) is 4.79 Å². The zero-order valence-electron chi connectivity index (χ0n) is 10.6. The first-order chi connectivity index (χ1) is 8.00. The normalized spacial score (nSPS) is 12.0. The lowest BCUT2D eigenvalue weighted by Crippen LogP contribution is -2.41. The Morgan fingerprint density at radius 2 is 2.24 bits per heavy atom. The fraction of sp³-hybridized carbons (Fsp3) is 0.462. The molecule has 2 N–H and O–H groups in total. The van der Waals surface area contributed by atoms with E-state index in [2.05, 4.69) is 0 Å². The van der Waals surface area contributed by atoms with E-state index in [-0.39, 0.29) is 5.91 Å². The van der Waals surface area contributed by atoms with Crippen LogP contribution in [-0.4, -0.2) is 37.0 Å². The Labute approximate surface area is 102 Å². The standard InChI is InChI=1S/C13H20N2O2/c1-10-5-4-6-12(9-10)17-8-7-15(3)13(16)11(2)14/h4-6,9,11H,7-8,14H2,1-3H3/t11-/m0/s1. The molecule has 0 bridgehead atoms. The molecule has 0 radical (unpaired) electrons.